The first-order valence-electron chi connectivity index (χ1n) is 15.0. The van der Waals surface area contributed by atoms with Crippen molar-refractivity contribution < 1.29 is 36.6 Å². The van der Waals surface area contributed by atoms with Crippen LogP contribution in [-0.4, -0.2) is 76.4 Å². The first kappa shape index (κ1) is 32.1. The summed E-state index contributed by atoms with van der Waals surface area (Å²) >= 11 is 0. The summed E-state index contributed by atoms with van der Waals surface area (Å²) < 4.78 is 74.0. The number of carbonyl (C=O) groups is 1. The van der Waals surface area contributed by atoms with E-state index < -0.39 is 23.5 Å². The van der Waals surface area contributed by atoms with Crippen LogP contribution in [0.5, 0.6) is 5.88 Å². The van der Waals surface area contributed by atoms with Crippen LogP contribution in [-0.2, 0) is 28.8 Å². The minimum absolute atomic E-state index is 0.00409. The van der Waals surface area contributed by atoms with E-state index in [0.717, 1.165) is 30.4 Å². The highest BCUT2D eigenvalue weighted by molar-refractivity contribution is 5.89. The number of alkyl halides is 3. The molecule has 1 aromatic carbocycles. The molecule has 6 rings (SSSR count). The van der Waals surface area contributed by atoms with Crippen molar-refractivity contribution in [3.63, 3.8) is 0 Å². The van der Waals surface area contributed by atoms with Crippen LogP contribution in [0.25, 0.3) is 11.2 Å². The van der Waals surface area contributed by atoms with Gasteiger partial charge in [-0.15, -0.1) is 0 Å². The molecule has 0 unspecified atom stereocenters. The van der Waals surface area contributed by atoms with Crippen LogP contribution in [0.4, 0.5) is 23.4 Å². The molecule has 3 aromatic heterocycles. The van der Waals surface area contributed by atoms with Crippen LogP contribution < -0.4 is 9.64 Å². The van der Waals surface area contributed by atoms with E-state index in [1.54, 1.807) is 17.0 Å². The van der Waals surface area contributed by atoms with Crippen molar-refractivity contribution in [1.29, 1.82) is 5.26 Å². The third kappa shape index (κ3) is 6.84. The average molecular weight is 654 g/mol. The summed E-state index contributed by atoms with van der Waals surface area (Å²) in [6.45, 7) is 4.57. The molecule has 2 atom stereocenters. The fourth-order valence-electron chi connectivity index (χ4n) is 5.65. The predicted octanol–water partition coefficient (Wildman–Crippen LogP) is 4.89. The molecule has 0 N–H and O–H groups in total. The van der Waals surface area contributed by atoms with Crippen molar-refractivity contribution in [3.05, 3.63) is 76.5 Å². The molecule has 0 radical (unpaired) electrons. The van der Waals surface area contributed by atoms with Crippen LogP contribution in [0.1, 0.15) is 52.4 Å². The number of anilines is 1. The van der Waals surface area contributed by atoms with Gasteiger partial charge >= 0.3 is 12.1 Å². The Morgan fingerprint density at radius 1 is 1.11 bits per heavy atom. The molecule has 2 aliphatic heterocycles. The number of rotatable bonds is 9. The highest BCUT2D eigenvalue weighted by atomic mass is 19.4. The maximum absolute atomic E-state index is 14.4. The number of pyridine rings is 2. The summed E-state index contributed by atoms with van der Waals surface area (Å²) in [7, 11) is 1.29. The van der Waals surface area contributed by atoms with Gasteiger partial charge in [-0.1, -0.05) is 6.07 Å². The van der Waals surface area contributed by atoms with Gasteiger partial charge in [0.15, 0.2) is 11.3 Å². The lowest BCUT2D eigenvalue weighted by Gasteiger charge is -2.38. The van der Waals surface area contributed by atoms with Crippen molar-refractivity contribution in [2.75, 3.05) is 44.8 Å². The van der Waals surface area contributed by atoms with Crippen LogP contribution >= 0.6 is 0 Å². The summed E-state index contributed by atoms with van der Waals surface area (Å²) in [5, 5.41) is 8.95. The Morgan fingerprint density at radius 3 is 2.51 bits per heavy atom. The summed E-state index contributed by atoms with van der Waals surface area (Å²) in [5.74, 6) is -0.712. The zero-order valence-electron chi connectivity index (χ0n) is 25.6. The molecule has 15 heteroatoms. The number of nitrogens with zero attached hydrogens (tertiary/aromatic N) is 7. The first-order chi connectivity index (χ1) is 22.5. The van der Waals surface area contributed by atoms with E-state index in [0.29, 0.717) is 50.5 Å². The quantitative estimate of drug-likeness (QED) is 0.183. The molecule has 47 heavy (non-hydrogen) atoms. The monoisotopic (exact) mass is 653 g/mol. The lowest BCUT2D eigenvalue weighted by atomic mass is 10.1. The molecule has 0 amide bonds. The number of methoxy groups -OCH3 is 1. The first-order valence-corrected chi connectivity index (χ1v) is 15.0. The van der Waals surface area contributed by atoms with Gasteiger partial charge in [0, 0.05) is 44.4 Å². The molecular weight excluding hydrogens is 622 g/mol. The Balaban J connectivity index is 1.20. The third-order valence-corrected chi connectivity index (χ3v) is 8.43. The second-order valence-corrected chi connectivity index (χ2v) is 11.3. The number of aromatic nitrogens is 4. The second kappa shape index (κ2) is 13.1. The molecule has 2 aliphatic rings. The van der Waals surface area contributed by atoms with Gasteiger partial charge in [-0.3, -0.25) is 4.90 Å². The van der Waals surface area contributed by atoms with E-state index in [1.165, 1.54) is 19.2 Å². The standard InChI is InChI=1S/C32H31F4N7O4/c1-19(29-38-25-5-6-26(31(44)45-2)39-30(25)43(29)17-23-7-12-46-23)41-8-10-42(11-9-41)27-14-22(32(34,35)36)15-28(40-27)47-18-21-4-3-20(16-37)13-24(21)33/h3-6,13-15,19,23H,7-12,17-18H2,1-2H3/t19-,23-/m0/s1. The Bertz CT molecular complexity index is 1830. The van der Waals surface area contributed by atoms with Crippen molar-refractivity contribution in [2.24, 2.45) is 0 Å². The molecule has 246 valence electrons. The fraction of sp³-hybridized carbons (Fsp3) is 0.406. The van der Waals surface area contributed by atoms with Crippen LogP contribution in [0.3, 0.4) is 0 Å². The number of nitriles is 1. The summed E-state index contributed by atoms with van der Waals surface area (Å²) in [4.78, 5) is 29.8. The summed E-state index contributed by atoms with van der Waals surface area (Å²) in [6, 6.07) is 10.5. The number of imidazole rings is 1. The van der Waals surface area contributed by atoms with Gasteiger partial charge in [0.05, 0.1) is 43.0 Å². The number of benzene rings is 1. The lowest BCUT2D eigenvalue weighted by molar-refractivity contribution is -0.137. The van der Waals surface area contributed by atoms with Crippen molar-refractivity contribution in [2.45, 2.75) is 44.8 Å². The van der Waals surface area contributed by atoms with Crippen LogP contribution in [0.2, 0.25) is 0 Å². The average Bonchev–Trinajstić information content (AvgIpc) is 3.42. The molecule has 0 aliphatic carbocycles. The zero-order valence-corrected chi connectivity index (χ0v) is 25.6. The fourth-order valence-corrected chi connectivity index (χ4v) is 5.65. The van der Waals surface area contributed by atoms with Crippen molar-refractivity contribution in [3.8, 4) is 11.9 Å². The minimum atomic E-state index is -4.66. The number of hydrogen-bond donors (Lipinski definition) is 0. The lowest BCUT2D eigenvalue weighted by Crippen LogP contribution is -2.48. The number of ether oxygens (including phenoxy) is 3. The molecule has 5 heterocycles. The third-order valence-electron chi connectivity index (χ3n) is 8.43. The molecule has 0 saturated carbocycles. The number of halogens is 4. The highest BCUT2D eigenvalue weighted by Crippen LogP contribution is 2.35. The molecule has 2 fully saturated rings. The normalized spacial score (nSPS) is 17.6. The number of carbonyl (C=O) groups excluding carboxylic acids is 1. The molecule has 11 nitrogen and oxygen atoms in total. The van der Waals surface area contributed by atoms with Crippen molar-refractivity contribution >= 4 is 23.0 Å². The largest absolute Gasteiger partial charge is 0.473 e. The van der Waals surface area contributed by atoms with Gasteiger partial charge in [0.1, 0.15) is 29.6 Å². The second-order valence-electron chi connectivity index (χ2n) is 11.3. The molecule has 0 bridgehead atoms. The number of esters is 1. The maximum atomic E-state index is 14.4. The summed E-state index contributed by atoms with van der Waals surface area (Å²) in [5.41, 5.74) is 0.610. The Hall–Kier alpha value is -4.81. The Morgan fingerprint density at radius 2 is 1.87 bits per heavy atom. The number of fused-ring (bicyclic) bond motifs is 1. The SMILES string of the molecule is COC(=O)c1ccc2nc([C@H](C)N3CCN(c4cc(C(F)(F)F)cc(OCc5ccc(C#N)cc5F)n4)CC3)n(C[C@@H]3CCO3)c2n1. The topological polar surface area (TPSA) is 119 Å². The number of hydrogen-bond acceptors (Lipinski definition) is 10. The predicted molar refractivity (Wildman–Crippen MR) is 160 cm³/mol. The van der Waals surface area contributed by atoms with Gasteiger partial charge in [0.2, 0.25) is 5.88 Å². The van der Waals surface area contributed by atoms with Crippen LogP contribution in [0.15, 0.2) is 42.5 Å². The van der Waals surface area contributed by atoms with Gasteiger partial charge in [-0.05, 0) is 43.7 Å². The molecule has 4 aromatic rings. The van der Waals surface area contributed by atoms with Gasteiger partial charge in [-0.25, -0.2) is 19.2 Å². The van der Waals surface area contributed by atoms with E-state index in [9.17, 15) is 22.4 Å². The molecule has 0 spiro atoms. The molecule has 2 saturated heterocycles. The van der Waals surface area contributed by atoms with E-state index >= 15 is 0 Å². The van der Waals surface area contributed by atoms with Gasteiger partial charge in [0.25, 0.3) is 0 Å². The smallest absolute Gasteiger partial charge is 0.416 e. The number of piperazine rings is 1. The molecular formula is C32H31F4N7O4. The summed E-state index contributed by atoms with van der Waals surface area (Å²) in [6.07, 6.45) is -3.77. The maximum Gasteiger partial charge on any atom is 0.416 e. The highest BCUT2D eigenvalue weighted by Gasteiger charge is 2.34. The van der Waals surface area contributed by atoms with E-state index in [-0.39, 0.29) is 47.3 Å². The van der Waals surface area contributed by atoms with E-state index in [4.69, 9.17) is 24.5 Å². The zero-order chi connectivity index (χ0) is 33.3. The van der Waals surface area contributed by atoms with Crippen LogP contribution in [0, 0.1) is 17.1 Å². The van der Waals surface area contributed by atoms with Crippen molar-refractivity contribution in [1.82, 2.24) is 24.4 Å². The Kier molecular flexibility index (Phi) is 8.98. The van der Waals surface area contributed by atoms with Gasteiger partial charge in [-0.2, -0.15) is 23.4 Å². The van der Waals surface area contributed by atoms with Gasteiger partial charge < -0.3 is 23.7 Å². The van der Waals surface area contributed by atoms with E-state index in [2.05, 4.69) is 14.9 Å². The minimum Gasteiger partial charge on any atom is -0.473 e. The Labute approximate surface area is 267 Å². The van der Waals surface area contributed by atoms with E-state index in [1.807, 2.05) is 17.6 Å².